The van der Waals surface area contributed by atoms with Gasteiger partial charge in [0.15, 0.2) is 0 Å². The number of benzene rings is 1. The van der Waals surface area contributed by atoms with E-state index < -0.39 is 0 Å². The molecular weight excluding hydrogens is 246 g/mol. The van der Waals surface area contributed by atoms with E-state index >= 15 is 0 Å². The van der Waals surface area contributed by atoms with Crippen molar-refractivity contribution in [3.05, 3.63) is 40.6 Å². The van der Waals surface area contributed by atoms with Gasteiger partial charge in [-0.2, -0.15) is 16.3 Å². The first-order chi connectivity index (χ1) is 8.75. The number of aromatic nitrogens is 2. The third-order valence-electron chi connectivity index (χ3n) is 2.72. The smallest absolute Gasteiger partial charge is 0.260 e. The van der Waals surface area contributed by atoms with Crippen molar-refractivity contribution >= 4 is 17.0 Å². The lowest BCUT2D eigenvalue weighted by atomic mass is 10.1. The molecule has 90 valence electrons. The Kier molecular flexibility index (Phi) is 2.60. The van der Waals surface area contributed by atoms with Gasteiger partial charge in [0.2, 0.25) is 5.82 Å². The molecule has 0 saturated carbocycles. The molecule has 3 rings (SSSR count). The minimum absolute atomic E-state index is 0.465. The molecule has 2 aromatic heterocycles. The summed E-state index contributed by atoms with van der Waals surface area (Å²) >= 11 is 1.60. The summed E-state index contributed by atoms with van der Waals surface area (Å²) in [6.07, 6.45) is 0. The first-order valence-corrected chi connectivity index (χ1v) is 6.42. The number of hydrogen-bond donors (Lipinski definition) is 1. The van der Waals surface area contributed by atoms with Gasteiger partial charge in [-0.25, -0.2) is 0 Å². The van der Waals surface area contributed by atoms with Crippen LogP contribution in [0.4, 0.5) is 5.69 Å². The van der Waals surface area contributed by atoms with E-state index in [-0.39, 0.29) is 0 Å². The highest BCUT2D eigenvalue weighted by molar-refractivity contribution is 7.08. The summed E-state index contributed by atoms with van der Waals surface area (Å²) in [6, 6.07) is 7.67. The molecule has 3 aromatic rings. The molecule has 0 unspecified atom stereocenters. The first-order valence-electron chi connectivity index (χ1n) is 5.47. The fourth-order valence-corrected chi connectivity index (χ4v) is 2.45. The highest BCUT2D eigenvalue weighted by atomic mass is 32.1. The van der Waals surface area contributed by atoms with Gasteiger partial charge < -0.3 is 10.3 Å². The number of nitrogen functional groups attached to an aromatic ring is 1. The van der Waals surface area contributed by atoms with Crippen LogP contribution in [0.5, 0.6) is 0 Å². The van der Waals surface area contributed by atoms with Crippen LogP contribution < -0.4 is 5.73 Å². The number of hydrogen-bond acceptors (Lipinski definition) is 5. The first kappa shape index (κ1) is 11.0. The second-order valence-corrected chi connectivity index (χ2v) is 4.75. The zero-order valence-corrected chi connectivity index (χ0v) is 10.6. The van der Waals surface area contributed by atoms with Crippen LogP contribution >= 0.6 is 11.3 Å². The summed E-state index contributed by atoms with van der Waals surface area (Å²) in [5, 5.41) is 7.94. The van der Waals surface area contributed by atoms with Gasteiger partial charge in [0.05, 0.1) is 5.56 Å². The van der Waals surface area contributed by atoms with Gasteiger partial charge in [0.25, 0.3) is 5.89 Å². The number of nitrogens with zero attached hydrogens (tertiary/aromatic N) is 2. The molecule has 0 aliphatic rings. The molecule has 5 heteroatoms. The zero-order chi connectivity index (χ0) is 12.5. The number of rotatable bonds is 2. The lowest BCUT2D eigenvalue weighted by molar-refractivity contribution is 0.432. The molecule has 0 bridgehead atoms. The van der Waals surface area contributed by atoms with E-state index in [0.717, 1.165) is 16.7 Å². The van der Waals surface area contributed by atoms with Crippen molar-refractivity contribution in [2.45, 2.75) is 6.92 Å². The summed E-state index contributed by atoms with van der Waals surface area (Å²) in [4.78, 5) is 4.39. The van der Waals surface area contributed by atoms with Gasteiger partial charge in [0.1, 0.15) is 0 Å². The highest BCUT2D eigenvalue weighted by Gasteiger charge is 2.14. The molecule has 1 aromatic carbocycles. The molecule has 2 heterocycles. The Morgan fingerprint density at radius 2 is 2.17 bits per heavy atom. The van der Waals surface area contributed by atoms with Gasteiger partial charge in [-0.1, -0.05) is 17.3 Å². The van der Waals surface area contributed by atoms with E-state index in [2.05, 4.69) is 10.1 Å². The van der Waals surface area contributed by atoms with Gasteiger partial charge >= 0.3 is 0 Å². The fourth-order valence-electron chi connectivity index (χ4n) is 1.82. The predicted molar refractivity (Wildman–Crippen MR) is 72.2 cm³/mol. The average Bonchev–Trinajstić information content (AvgIpc) is 2.99. The van der Waals surface area contributed by atoms with Gasteiger partial charge in [0, 0.05) is 16.6 Å². The van der Waals surface area contributed by atoms with Crippen molar-refractivity contribution in [1.29, 1.82) is 0 Å². The monoisotopic (exact) mass is 257 g/mol. The molecule has 0 aliphatic heterocycles. The maximum absolute atomic E-state index is 5.96. The maximum Gasteiger partial charge on any atom is 0.260 e. The maximum atomic E-state index is 5.96. The lowest BCUT2D eigenvalue weighted by Crippen LogP contribution is -1.92. The van der Waals surface area contributed by atoms with Crippen LogP contribution in [0.25, 0.3) is 22.8 Å². The van der Waals surface area contributed by atoms with E-state index in [0.29, 0.717) is 17.4 Å². The van der Waals surface area contributed by atoms with E-state index in [9.17, 15) is 0 Å². The molecule has 0 fully saturated rings. The van der Waals surface area contributed by atoms with Crippen LogP contribution in [-0.4, -0.2) is 10.1 Å². The molecule has 0 spiro atoms. The molecule has 18 heavy (non-hydrogen) atoms. The number of aryl methyl sites for hydroxylation is 1. The van der Waals surface area contributed by atoms with Crippen molar-refractivity contribution in [3.8, 4) is 22.8 Å². The Morgan fingerprint density at radius 1 is 1.28 bits per heavy atom. The Bertz CT molecular complexity index is 653. The molecule has 2 N–H and O–H groups in total. The third kappa shape index (κ3) is 1.78. The van der Waals surface area contributed by atoms with Crippen LogP contribution in [0.15, 0.2) is 39.5 Å². The van der Waals surface area contributed by atoms with Crippen molar-refractivity contribution in [2.75, 3.05) is 5.73 Å². The number of anilines is 1. The van der Waals surface area contributed by atoms with Crippen molar-refractivity contribution < 1.29 is 4.52 Å². The summed E-state index contributed by atoms with van der Waals surface area (Å²) in [5.74, 6) is 1.06. The molecule has 0 radical (unpaired) electrons. The van der Waals surface area contributed by atoms with Crippen molar-refractivity contribution in [1.82, 2.24) is 10.1 Å². The van der Waals surface area contributed by atoms with Crippen LogP contribution in [-0.2, 0) is 0 Å². The topological polar surface area (TPSA) is 64.9 Å². The van der Waals surface area contributed by atoms with Crippen molar-refractivity contribution in [3.63, 3.8) is 0 Å². The average molecular weight is 257 g/mol. The third-order valence-corrected chi connectivity index (χ3v) is 3.41. The number of nitrogens with two attached hydrogens (primary N) is 1. The summed E-state index contributed by atoms with van der Waals surface area (Å²) < 4.78 is 5.30. The highest BCUT2D eigenvalue weighted by Crippen LogP contribution is 2.29. The van der Waals surface area contributed by atoms with Crippen LogP contribution in [0.3, 0.4) is 0 Å². The SMILES string of the molecule is Cc1cccc(N)c1-c1nc(-c2ccsc2)no1. The van der Waals surface area contributed by atoms with Crippen LogP contribution in [0, 0.1) is 6.92 Å². The van der Waals surface area contributed by atoms with E-state index in [1.807, 2.05) is 41.9 Å². The fraction of sp³-hybridized carbons (Fsp3) is 0.0769. The van der Waals surface area contributed by atoms with Gasteiger partial charge in [-0.3, -0.25) is 0 Å². The molecule has 0 saturated heterocycles. The normalized spacial score (nSPS) is 10.7. The summed E-state index contributed by atoms with van der Waals surface area (Å²) in [6.45, 7) is 1.97. The zero-order valence-electron chi connectivity index (χ0n) is 9.75. The second kappa shape index (κ2) is 4.27. The Morgan fingerprint density at radius 3 is 2.89 bits per heavy atom. The van der Waals surface area contributed by atoms with Crippen LogP contribution in [0.1, 0.15) is 5.56 Å². The predicted octanol–water partition coefficient (Wildman–Crippen LogP) is 3.36. The quantitative estimate of drug-likeness (QED) is 0.715. The van der Waals surface area contributed by atoms with Crippen molar-refractivity contribution in [2.24, 2.45) is 0 Å². The van der Waals surface area contributed by atoms with Gasteiger partial charge in [-0.15, -0.1) is 0 Å². The molecule has 0 atom stereocenters. The van der Waals surface area contributed by atoms with E-state index in [1.165, 1.54) is 0 Å². The summed E-state index contributed by atoms with van der Waals surface area (Å²) in [5.41, 5.74) is 9.40. The number of thiophene rings is 1. The standard InChI is InChI=1S/C13H11N3OS/c1-8-3-2-4-10(14)11(8)13-15-12(16-17-13)9-5-6-18-7-9/h2-7H,14H2,1H3. The second-order valence-electron chi connectivity index (χ2n) is 3.97. The molecular formula is C13H11N3OS. The Hall–Kier alpha value is -2.14. The minimum atomic E-state index is 0.465. The Labute approximate surface area is 108 Å². The lowest BCUT2D eigenvalue weighted by Gasteiger charge is -2.03. The van der Waals surface area contributed by atoms with Gasteiger partial charge in [-0.05, 0) is 30.0 Å². The van der Waals surface area contributed by atoms with E-state index in [1.54, 1.807) is 11.3 Å². The largest absolute Gasteiger partial charge is 0.398 e. The molecule has 4 nitrogen and oxygen atoms in total. The molecule has 0 amide bonds. The summed E-state index contributed by atoms with van der Waals surface area (Å²) in [7, 11) is 0. The Balaban J connectivity index is 2.09. The molecule has 0 aliphatic carbocycles. The van der Waals surface area contributed by atoms with E-state index in [4.69, 9.17) is 10.3 Å². The van der Waals surface area contributed by atoms with Crippen LogP contribution in [0.2, 0.25) is 0 Å². The minimum Gasteiger partial charge on any atom is -0.398 e.